The van der Waals surface area contributed by atoms with Crippen LogP contribution in [0.2, 0.25) is 0 Å². The van der Waals surface area contributed by atoms with Crippen LogP contribution in [0.4, 0.5) is 16.0 Å². The Morgan fingerprint density at radius 2 is 2.04 bits per heavy atom. The smallest absolute Gasteiger partial charge is 0.213 e. The first-order chi connectivity index (χ1) is 11.6. The van der Waals surface area contributed by atoms with Crippen molar-refractivity contribution in [2.45, 2.75) is 32.6 Å². The van der Waals surface area contributed by atoms with Crippen LogP contribution in [0.15, 0.2) is 24.3 Å². The monoisotopic (exact) mass is 380 g/mol. The van der Waals surface area contributed by atoms with E-state index in [0.717, 1.165) is 37.6 Å². The summed E-state index contributed by atoms with van der Waals surface area (Å²) >= 11 is 1.80. The van der Waals surface area contributed by atoms with E-state index < -0.39 is 0 Å². The second-order valence-corrected chi connectivity index (χ2v) is 7.57. The second-order valence-electron chi connectivity index (χ2n) is 6.36. The second kappa shape index (κ2) is 7.32. The molecule has 0 aliphatic carbocycles. The Hall–Kier alpha value is -1.63. The third-order valence-corrected chi connectivity index (χ3v) is 5.95. The number of anilines is 2. The Kier molecular flexibility index (Phi) is 5.32. The van der Waals surface area contributed by atoms with Crippen LogP contribution in [0, 0.1) is 19.7 Å². The predicted molar refractivity (Wildman–Crippen MR) is 104 cm³/mol. The van der Waals surface area contributed by atoms with Crippen LogP contribution in [0.5, 0.6) is 0 Å². The van der Waals surface area contributed by atoms with Crippen LogP contribution in [0.1, 0.15) is 35.0 Å². The molecule has 1 aliphatic rings. The number of aryl methyl sites for hydroxylation is 2. The van der Waals surface area contributed by atoms with Gasteiger partial charge in [-0.1, -0.05) is 6.07 Å². The Morgan fingerprint density at radius 3 is 2.76 bits per heavy atom. The summed E-state index contributed by atoms with van der Waals surface area (Å²) in [6.07, 6.45) is 2.23. The van der Waals surface area contributed by atoms with Gasteiger partial charge in [0.15, 0.2) is 0 Å². The standard InChI is InChI=1S/C18H21FN4S.ClH/c1-11-12(2)24-17-16(13-6-8-20-9-7-13)22-18(23(11)17)21-15-5-3-4-14(19)10-15;/h3-5,10,13,20H,6-9H2,1-2H3,(H,21,22);1H. The molecule has 1 fully saturated rings. The quantitative estimate of drug-likeness (QED) is 0.686. The minimum absolute atomic E-state index is 0. The zero-order valence-corrected chi connectivity index (χ0v) is 15.9. The summed E-state index contributed by atoms with van der Waals surface area (Å²) in [5, 5.41) is 6.72. The summed E-state index contributed by atoms with van der Waals surface area (Å²) in [6.45, 7) is 6.34. The highest BCUT2D eigenvalue weighted by Crippen LogP contribution is 2.36. The highest BCUT2D eigenvalue weighted by atomic mass is 35.5. The number of rotatable bonds is 3. The molecule has 0 bridgehead atoms. The Labute approximate surface area is 156 Å². The number of thiazole rings is 1. The highest BCUT2D eigenvalue weighted by molar-refractivity contribution is 7.17. The molecule has 0 atom stereocenters. The average molecular weight is 381 g/mol. The molecular weight excluding hydrogens is 359 g/mol. The molecule has 1 aliphatic heterocycles. The van der Waals surface area contributed by atoms with Gasteiger partial charge in [-0.15, -0.1) is 23.7 Å². The molecule has 0 saturated carbocycles. The molecule has 134 valence electrons. The average Bonchev–Trinajstić information content (AvgIpc) is 3.07. The number of benzene rings is 1. The Bertz CT molecular complexity index is 883. The maximum Gasteiger partial charge on any atom is 0.213 e. The van der Waals surface area contributed by atoms with Gasteiger partial charge < -0.3 is 10.6 Å². The van der Waals surface area contributed by atoms with E-state index in [1.165, 1.54) is 33.2 Å². The summed E-state index contributed by atoms with van der Waals surface area (Å²) in [5.41, 5.74) is 3.10. The molecule has 0 unspecified atom stereocenters. The maximum atomic E-state index is 13.5. The molecule has 4 nitrogen and oxygen atoms in total. The van der Waals surface area contributed by atoms with Crippen LogP contribution < -0.4 is 10.6 Å². The molecule has 3 heterocycles. The topological polar surface area (TPSA) is 41.4 Å². The van der Waals surface area contributed by atoms with Crippen molar-refractivity contribution in [2.75, 3.05) is 18.4 Å². The zero-order chi connectivity index (χ0) is 16.7. The Morgan fingerprint density at radius 1 is 1.28 bits per heavy atom. The van der Waals surface area contributed by atoms with E-state index >= 15 is 0 Å². The first-order valence-electron chi connectivity index (χ1n) is 8.35. The van der Waals surface area contributed by atoms with Crippen LogP contribution in [0.3, 0.4) is 0 Å². The van der Waals surface area contributed by atoms with E-state index in [1.807, 2.05) is 6.07 Å². The van der Waals surface area contributed by atoms with Crippen molar-refractivity contribution in [3.8, 4) is 0 Å². The molecule has 0 amide bonds. The third-order valence-electron chi connectivity index (χ3n) is 4.76. The lowest BCUT2D eigenvalue weighted by Crippen LogP contribution is -2.26. The van der Waals surface area contributed by atoms with Crippen molar-refractivity contribution in [3.63, 3.8) is 0 Å². The van der Waals surface area contributed by atoms with Crippen LogP contribution in [-0.4, -0.2) is 22.5 Å². The van der Waals surface area contributed by atoms with Crippen LogP contribution >= 0.6 is 23.7 Å². The van der Waals surface area contributed by atoms with Crippen molar-refractivity contribution in [3.05, 3.63) is 46.3 Å². The van der Waals surface area contributed by atoms with E-state index in [9.17, 15) is 4.39 Å². The van der Waals surface area contributed by atoms with Crippen molar-refractivity contribution >= 4 is 40.2 Å². The fourth-order valence-corrected chi connectivity index (χ4v) is 4.51. The fourth-order valence-electron chi connectivity index (χ4n) is 3.35. The lowest BCUT2D eigenvalue weighted by molar-refractivity contribution is 0.457. The summed E-state index contributed by atoms with van der Waals surface area (Å²) in [5.74, 6) is 1.03. The van der Waals surface area contributed by atoms with Gasteiger partial charge in [-0.2, -0.15) is 0 Å². The lowest BCUT2D eigenvalue weighted by atomic mass is 9.95. The molecule has 1 aromatic carbocycles. The number of nitrogens with one attached hydrogen (secondary N) is 2. The number of nitrogens with zero attached hydrogens (tertiary/aromatic N) is 2. The number of halogens is 2. The summed E-state index contributed by atoms with van der Waals surface area (Å²) in [4.78, 5) is 7.43. The summed E-state index contributed by atoms with van der Waals surface area (Å²) in [6, 6.07) is 6.53. The summed E-state index contributed by atoms with van der Waals surface area (Å²) < 4.78 is 15.7. The molecular formula is C18H22ClFN4S. The summed E-state index contributed by atoms with van der Waals surface area (Å²) in [7, 11) is 0. The van der Waals surface area contributed by atoms with Gasteiger partial charge in [0.2, 0.25) is 5.95 Å². The molecule has 2 aromatic heterocycles. The van der Waals surface area contributed by atoms with Crippen molar-refractivity contribution in [1.29, 1.82) is 0 Å². The number of aromatic nitrogens is 2. The number of hydrogen-bond donors (Lipinski definition) is 2. The van der Waals surface area contributed by atoms with Gasteiger partial charge in [-0.25, -0.2) is 9.37 Å². The first-order valence-corrected chi connectivity index (χ1v) is 9.17. The molecule has 3 aromatic rings. The number of hydrogen-bond acceptors (Lipinski definition) is 4. The van der Waals surface area contributed by atoms with Gasteiger partial charge in [0.05, 0.1) is 5.69 Å². The molecule has 4 rings (SSSR count). The Balaban J connectivity index is 0.00000182. The van der Waals surface area contributed by atoms with Gasteiger partial charge in [-0.05, 0) is 58.0 Å². The fraction of sp³-hybridized carbons (Fsp3) is 0.389. The van der Waals surface area contributed by atoms with Crippen molar-refractivity contribution in [2.24, 2.45) is 0 Å². The van der Waals surface area contributed by atoms with Gasteiger partial charge in [0.25, 0.3) is 0 Å². The SMILES string of the molecule is Cc1sc2c(C3CCNCC3)nc(Nc3cccc(F)c3)n2c1C.Cl. The van der Waals surface area contributed by atoms with E-state index in [2.05, 4.69) is 28.9 Å². The third kappa shape index (κ3) is 3.38. The van der Waals surface area contributed by atoms with E-state index in [-0.39, 0.29) is 18.2 Å². The van der Waals surface area contributed by atoms with Crippen LogP contribution in [0.25, 0.3) is 4.83 Å². The van der Waals surface area contributed by atoms with Gasteiger partial charge in [0.1, 0.15) is 10.6 Å². The maximum absolute atomic E-state index is 13.5. The molecule has 0 radical (unpaired) electrons. The molecule has 0 spiro atoms. The highest BCUT2D eigenvalue weighted by Gasteiger charge is 2.24. The molecule has 2 N–H and O–H groups in total. The molecule has 1 saturated heterocycles. The zero-order valence-electron chi connectivity index (χ0n) is 14.3. The van der Waals surface area contributed by atoms with E-state index in [1.54, 1.807) is 17.4 Å². The number of imidazole rings is 1. The lowest BCUT2D eigenvalue weighted by Gasteiger charge is -2.20. The number of fused-ring (bicyclic) bond motifs is 1. The minimum atomic E-state index is -0.246. The van der Waals surface area contributed by atoms with Gasteiger partial charge in [-0.3, -0.25) is 4.40 Å². The predicted octanol–water partition coefficient (Wildman–Crippen LogP) is 4.78. The normalized spacial score (nSPS) is 15.3. The van der Waals surface area contributed by atoms with E-state index in [0.29, 0.717) is 5.92 Å². The number of piperidine rings is 1. The molecule has 7 heteroatoms. The van der Waals surface area contributed by atoms with Crippen molar-refractivity contribution < 1.29 is 4.39 Å². The van der Waals surface area contributed by atoms with Crippen molar-refractivity contribution in [1.82, 2.24) is 14.7 Å². The minimum Gasteiger partial charge on any atom is -0.325 e. The van der Waals surface area contributed by atoms with Gasteiger partial charge >= 0.3 is 0 Å². The van der Waals surface area contributed by atoms with Crippen LogP contribution in [-0.2, 0) is 0 Å². The van der Waals surface area contributed by atoms with E-state index in [4.69, 9.17) is 4.98 Å². The first kappa shape index (κ1) is 18.2. The molecule has 25 heavy (non-hydrogen) atoms. The van der Waals surface area contributed by atoms with Gasteiger partial charge in [0, 0.05) is 22.2 Å². The largest absolute Gasteiger partial charge is 0.325 e.